The van der Waals surface area contributed by atoms with E-state index in [9.17, 15) is 0 Å². The molecule has 0 aromatic rings. The maximum absolute atomic E-state index is 5.50. The molecule has 0 bridgehead atoms. The smallest absolute Gasteiger partial charge is 0.0202 e. The van der Waals surface area contributed by atoms with Crippen molar-refractivity contribution >= 4 is 0 Å². The Hall–Kier alpha value is -0.340. The molecule has 2 N–H and O–H groups in total. The number of hydrogen-bond donors (Lipinski definition) is 1. The molecule has 0 atom stereocenters. The van der Waals surface area contributed by atoms with Crippen LogP contribution in [0.25, 0.3) is 0 Å². The first kappa shape index (κ1) is 9.75. The monoisotopic (exact) mass is 168 g/mol. The molecule has 1 aliphatic rings. The molecular formula is C10H20N2. The van der Waals surface area contributed by atoms with Crippen LogP contribution >= 0.6 is 0 Å². The third-order valence-electron chi connectivity index (χ3n) is 2.40. The van der Waals surface area contributed by atoms with E-state index in [4.69, 9.17) is 5.73 Å². The zero-order valence-electron chi connectivity index (χ0n) is 8.05. The Morgan fingerprint density at radius 1 is 1.58 bits per heavy atom. The quantitative estimate of drug-likeness (QED) is 0.604. The number of rotatable bonds is 6. The molecule has 2 heteroatoms. The Balaban J connectivity index is 2.18. The summed E-state index contributed by atoms with van der Waals surface area (Å²) in [4.78, 5) is 2.44. The maximum atomic E-state index is 5.50. The van der Waals surface area contributed by atoms with Crippen molar-refractivity contribution in [1.29, 1.82) is 0 Å². The molecule has 0 radical (unpaired) electrons. The minimum atomic E-state index is 0.626. The average Bonchev–Trinajstić information content (AvgIpc) is 2.86. The lowest BCUT2D eigenvalue weighted by molar-refractivity contribution is 0.298. The summed E-state index contributed by atoms with van der Waals surface area (Å²) in [7, 11) is 0. The van der Waals surface area contributed by atoms with Crippen molar-refractivity contribution in [2.45, 2.75) is 19.8 Å². The van der Waals surface area contributed by atoms with Crippen LogP contribution in [0.2, 0.25) is 0 Å². The van der Waals surface area contributed by atoms with Crippen LogP contribution in [0.15, 0.2) is 12.2 Å². The number of hydrogen-bond acceptors (Lipinski definition) is 2. The summed E-state index contributed by atoms with van der Waals surface area (Å²) >= 11 is 0. The highest BCUT2D eigenvalue weighted by atomic mass is 15.1. The fourth-order valence-electron chi connectivity index (χ4n) is 1.35. The van der Waals surface area contributed by atoms with E-state index in [0.29, 0.717) is 6.54 Å². The Bertz CT molecular complexity index is 150. The second-order valence-corrected chi connectivity index (χ2v) is 3.73. The van der Waals surface area contributed by atoms with Gasteiger partial charge < -0.3 is 5.73 Å². The molecule has 1 aliphatic carbocycles. The largest absolute Gasteiger partial charge is 0.327 e. The van der Waals surface area contributed by atoms with Crippen LogP contribution < -0.4 is 5.73 Å². The van der Waals surface area contributed by atoms with Crippen molar-refractivity contribution < 1.29 is 0 Å². The minimum absolute atomic E-state index is 0.626. The van der Waals surface area contributed by atoms with Crippen molar-refractivity contribution in [2.75, 3.05) is 26.2 Å². The molecule has 0 unspecified atom stereocenters. The fraction of sp³-hybridized carbons (Fsp3) is 0.800. The van der Waals surface area contributed by atoms with Gasteiger partial charge >= 0.3 is 0 Å². The molecule has 0 aromatic heterocycles. The highest BCUT2D eigenvalue weighted by Crippen LogP contribution is 2.29. The van der Waals surface area contributed by atoms with Crippen LogP contribution in [0.5, 0.6) is 0 Å². The van der Waals surface area contributed by atoms with E-state index < -0.39 is 0 Å². The summed E-state index contributed by atoms with van der Waals surface area (Å²) in [5.74, 6) is 0.968. The molecule has 70 valence electrons. The van der Waals surface area contributed by atoms with Crippen molar-refractivity contribution in [2.24, 2.45) is 11.7 Å². The van der Waals surface area contributed by atoms with Crippen LogP contribution in [-0.4, -0.2) is 31.1 Å². The van der Waals surface area contributed by atoms with E-state index in [-0.39, 0.29) is 0 Å². The predicted molar refractivity (Wildman–Crippen MR) is 53.0 cm³/mol. The topological polar surface area (TPSA) is 29.3 Å². The zero-order valence-corrected chi connectivity index (χ0v) is 8.05. The van der Waals surface area contributed by atoms with E-state index in [0.717, 1.165) is 24.6 Å². The Kier molecular flexibility index (Phi) is 3.76. The van der Waals surface area contributed by atoms with Gasteiger partial charge in [-0.05, 0) is 30.9 Å². The van der Waals surface area contributed by atoms with Gasteiger partial charge in [-0.15, -0.1) is 0 Å². The van der Waals surface area contributed by atoms with Crippen molar-refractivity contribution in [3.05, 3.63) is 12.2 Å². The second kappa shape index (κ2) is 4.63. The van der Waals surface area contributed by atoms with Crippen LogP contribution in [-0.2, 0) is 0 Å². The zero-order chi connectivity index (χ0) is 8.97. The molecule has 0 spiro atoms. The van der Waals surface area contributed by atoms with Gasteiger partial charge in [0.2, 0.25) is 0 Å². The molecule has 0 aliphatic heterocycles. The first-order valence-electron chi connectivity index (χ1n) is 4.85. The molecule has 0 heterocycles. The van der Waals surface area contributed by atoms with Gasteiger partial charge in [0, 0.05) is 19.6 Å². The van der Waals surface area contributed by atoms with Crippen molar-refractivity contribution in [3.63, 3.8) is 0 Å². The number of nitrogens with zero attached hydrogens (tertiary/aromatic N) is 1. The Morgan fingerprint density at radius 3 is 2.67 bits per heavy atom. The first-order valence-corrected chi connectivity index (χ1v) is 4.85. The lowest BCUT2D eigenvalue weighted by atomic mass is 10.2. The average molecular weight is 168 g/mol. The summed E-state index contributed by atoms with van der Waals surface area (Å²) in [6.07, 6.45) is 2.84. The normalized spacial score (nSPS) is 16.9. The molecule has 0 saturated heterocycles. The van der Waals surface area contributed by atoms with Crippen LogP contribution in [0.3, 0.4) is 0 Å². The standard InChI is InChI=1S/C10H20N2/c1-3-12(7-9(2)6-11)8-10-4-5-10/h10H,2-8,11H2,1H3. The molecule has 2 nitrogen and oxygen atoms in total. The van der Waals surface area contributed by atoms with Gasteiger partial charge in [0.15, 0.2) is 0 Å². The molecule has 0 amide bonds. The highest BCUT2D eigenvalue weighted by Gasteiger charge is 2.23. The van der Waals surface area contributed by atoms with Gasteiger partial charge in [-0.25, -0.2) is 0 Å². The van der Waals surface area contributed by atoms with Crippen LogP contribution in [0.1, 0.15) is 19.8 Å². The number of nitrogens with two attached hydrogens (primary N) is 1. The van der Waals surface area contributed by atoms with Gasteiger partial charge in [-0.1, -0.05) is 13.5 Å². The van der Waals surface area contributed by atoms with E-state index in [1.165, 1.54) is 19.4 Å². The van der Waals surface area contributed by atoms with E-state index in [2.05, 4.69) is 18.4 Å². The molecular weight excluding hydrogens is 148 g/mol. The first-order chi connectivity index (χ1) is 5.76. The third-order valence-corrected chi connectivity index (χ3v) is 2.40. The van der Waals surface area contributed by atoms with E-state index >= 15 is 0 Å². The van der Waals surface area contributed by atoms with Gasteiger partial charge in [0.05, 0.1) is 0 Å². The van der Waals surface area contributed by atoms with Gasteiger partial charge in [-0.3, -0.25) is 4.90 Å². The molecule has 1 saturated carbocycles. The summed E-state index contributed by atoms with van der Waals surface area (Å²) in [5.41, 5.74) is 6.65. The maximum Gasteiger partial charge on any atom is 0.0202 e. The van der Waals surface area contributed by atoms with Gasteiger partial charge in [-0.2, -0.15) is 0 Å². The van der Waals surface area contributed by atoms with E-state index in [1.54, 1.807) is 0 Å². The second-order valence-electron chi connectivity index (χ2n) is 3.73. The third kappa shape index (κ3) is 3.37. The van der Waals surface area contributed by atoms with Crippen LogP contribution in [0.4, 0.5) is 0 Å². The SMILES string of the molecule is C=C(CN)CN(CC)CC1CC1. The van der Waals surface area contributed by atoms with Crippen molar-refractivity contribution in [1.82, 2.24) is 4.90 Å². The molecule has 1 rings (SSSR count). The lowest BCUT2D eigenvalue weighted by Gasteiger charge is -2.20. The highest BCUT2D eigenvalue weighted by molar-refractivity contribution is 4.99. The van der Waals surface area contributed by atoms with Gasteiger partial charge in [0.1, 0.15) is 0 Å². The molecule has 12 heavy (non-hydrogen) atoms. The van der Waals surface area contributed by atoms with Crippen molar-refractivity contribution in [3.8, 4) is 0 Å². The summed E-state index contributed by atoms with van der Waals surface area (Å²) < 4.78 is 0. The molecule has 0 aromatic carbocycles. The Morgan fingerprint density at radius 2 is 2.25 bits per heavy atom. The fourth-order valence-corrected chi connectivity index (χ4v) is 1.35. The summed E-state index contributed by atoms with van der Waals surface area (Å²) in [5, 5.41) is 0. The summed E-state index contributed by atoms with van der Waals surface area (Å²) in [6.45, 7) is 10.1. The summed E-state index contributed by atoms with van der Waals surface area (Å²) in [6, 6.07) is 0. The number of likely N-dealkylation sites (N-methyl/N-ethyl adjacent to an activating group) is 1. The Labute approximate surface area is 75.4 Å². The lowest BCUT2D eigenvalue weighted by Crippen LogP contribution is -2.29. The molecule has 1 fully saturated rings. The minimum Gasteiger partial charge on any atom is -0.327 e. The predicted octanol–water partition coefficient (Wildman–Crippen LogP) is 1.23. The van der Waals surface area contributed by atoms with E-state index in [1.807, 2.05) is 0 Å². The van der Waals surface area contributed by atoms with Gasteiger partial charge in [0.25, 0.3) is 0 Å². The van der Waals surface area contributed by atoms with Crippen LogP contribution in [0, 0.1) is 5.92 Å².